The van der Waals surface area contributed by atoms with E-state index in [2.05, 4.69) is 10.6 Å². The van der Waals surface area contributed by atoms with E-state index < -0.39 is 17.6 Å². The molecule has 1 aliphatic rings. The van der Waals surface area contributed by atoms with Crippen molar-refractivity contribution >= 4 is 23.2 Å². The van der Waals surface area contributed by atoms with Gasteiger partial charge in [-0.15, -0.1) is 0 Å². The Morgan fingerprint density at radius 2 is 1.54 bits per heavy atom. The lowest BCUT2D eigenvalue weighted by Gasteiger charge is -2.24. The van der Waals surface area contributed by atoms with Crippen LogP contribution in [0.4, 0.5) is 24.5 Å². The minimum atomic E-state index is -4.59. The van der Waals surface area contributed by atoms with E-state index in [-0.39, 0.29) is 23.2 Å². The number of hydrogen-bond acceptors (Lipinski definition) is 2. The summed E-state index contributed by atoms with van der Waals surface area (Å²) in [5, 5.41) is 4.97. The molecular weight excluding hydrogens is 345 g/mol. The van der Waals surface area contributed by atoms with E-state index in [0.717, 1.165) is 31.4 Å². The van der Waals surface area contributed by atoms with Crippen molar-refractivity contribution in [3.05, 3.63) is 59.7 Å². The van der Waals surface area contributed by atoms with Gasteiger partial charge in [-0.1, -0.05) is 24.6 Å². The second-order valence-electron chi connectivity index (χ2n) is 6.23. The Labute approximate surface area is 148 Å². The third kappa shape index (κ3) is 4.22. The molecule has 0 aliphatic heterocycles. The van der Waals surface area contributed by atoms with Crippen molar-refractivity contribution in [3.8, 4) is 0 Å². The van der Waals surface area contributed by atoms with E-state index in [1.165, 1.54) is 6.07 Å². The summed E-state index contributed by atoms with van der Waals surface area (Å²) in [6.07, 6.45) is -2.17. The van der Waals surface area contributed by atoms with Gasteiger partial charge in [-0.05, 0) is 43.2 Å². The predicted molar refractivity (Wildman–Crippen MR) is 91.8 cm³/mol. The zero-order chi connectivity index (χ0) is 18.7. The van der Waals surface area contributed by atoms with Crippen LogP contribution >= 0.6 is 0 Å². The van der Waals surface area contributed by atoms with E-state index in [9.17, 15) is 22.8 Å². The molecule has 0 bridgehead atoms. The van der Waals surface area contributed by atoms with Crippen LogP contribution in [0.2, 0.25) is 0 Å². The van der Waals surface area contributed by atoms with Crippen molar-refractivity contribution in [2.24, 2.45) is 5.92 Å². The first-order valence-corrected chi connectivity index (χ1v) is 8.22. The van der Waals surface area contributed by atoms with E-state index in [0.29, 0.717) is 5.56 Å². The van der Waals surface area contributed by atoms with Gasteiger partial charge in [-0.2, -0.15) is 13.2 Å². The molecule has 7 heteroatoms. The van der Waals surface area contributed by atoms with Gasteiger partial charge in [0.05, 0.1) is 5.56 Å². The number of nitrogens with one attached hydrogen (secondary N) is 2. The van der Waals surface area contributed by atoms with Crippen molar-refractivity contribution in [3.63, 3.8) is 0 Å². The fourth-order valence-corrected chi connectivity index (χ4v) is 2.64. The van der Waals surface area contributed by atoms with Crippen LogP contribution in [0.15, 0.2) is 48.5 Å². The van der Waals surface area contributed by atoms with Gasteiger partial charge in [-0.25, -0.2) is 0 Å². The number of hydrogen-bond donors (Lipinski definition) is 2. The quantitative estimate of drug-likeness (QED) is 0.829. The molecule has 3 rings (SSSR count). The Bertz CT molecular complexity index is 815. The fourth-order valence-electron chi connectivity index (χ4n) is 2.64. The Kier molecular flexibility index (Phi) is 4.97. The molecule has 0 radical (unpaired) electrons. The van der Waals surface area contributed by atoms with Crippen LogP contribution in [0.1, 0.15) is 35.2 Å². The average molecular weight is 362 g/mol. The number of carbonyl (C=O) groups is 2. The van der Waals surface area contributed by atoms with Crippen molar-refractivity contribution in [1.82, 2.24) is 0 Å². The standard InChI is InChI=1S/C19H17F3N2O2/c20-19(21,22)14-9-15(23-17(25)12-5-2-1-3-6-12)11-16(10-14)24-18(26)13-7-4-8-13/h1-3,5-6,9-11,13H,4,7-8H2,(H,23,25)(H,24,26). The van der Waals surface area contributed by atoms with Crippen molar-refractivity contribution < 1.29 is 22.8 Å². The molecule has 2 N–H and O–H groups in total. The van der Waals surface area contributed by atoms with Gasteiger partial charge in [0.25, 0.3) is 5.91 Å². The highest BCUT2D eigenvalue weighted by molar-refractivity contribution is 6.04. The molecule has 2 aromatic carbocycles. The second-order valence-corrected chi connectivity index (χ2v) is 6.23. The molecule has 26 heavy (non-hydrogen) atoms. The van der Waals surface area contributed by atoms with Gasteiger partial charge in [0, 0.05) is 22.9 Å². The second kappa shape index (κ2) is 7.19. The van der Waals surface area contributed by atoms with Gasteiger partial charge in [0.1, 0.15) is 0 Å². The normalized spacial score (nSPS) is 14.4. The summed E-state index contributed by atoms with van der Waals surface area (Å²) in [5.41, 5.74) is -0.630. The molecule has 136 valence electrons. The van der Waals surface area contributed by atoms with E-state index in [1.807, 2.05) is 0 Å². The maximum Gasteiger partial charge on any atom is 0.416 e. The number of halogens is 3. The average Bonchev–Trinajstić information content (AvgIpc) is 2.53. The largest absolute Gasteiger partial charge is 0.416 e. The van der Waals surface area contributed by atoms with Gasteiger partial charge in [0.15, 0.2) is 0 Å². The smallest absolute Gasteiger partial charge is 0.326 e. The molecule has 4 nitrogen and oxygen atoms in total. The SMILES string of the molecule is O=C(Nc1cc(NC(=O)C2CCC2)cc(C(F)(F)F)c1)c1ccccc1. The van der Waals surface area contributed by atoms with Gasteiger partial charge >= 0.3 is 6.18 Å². The summed E-state index contributed by atoms with van der Waals surface area (Å²) in [7, 11) is 0. The predicted octanol–water partition coefficient (Wildman–Crippen LogP) is 4.70. The van der Waals surface area contributed by atoms with Crippen molar-refractivity contribution in [2.75, 3.05) is 10.6 Å². The first kappa shape index (κ1) is 18.0. The van der Waals surface area contributed by atoms with E-state index in [4.69, 9.17) is 0 Å². The van der Waals surface area contributed by atoms with E-state index in [1.54, 1.807) is 30.3 Å². The lowest BCUT2D eigenvalue weighted by Crippen LogP contribution is -2.28. The number of alkyl halides is 3. The summed E-state index contributed by atoms with van der Waals surface area (Å²) in [6.45, 7) is 0. The third-order valence-electron chi connectivity index (χ3n) is 4.30. The third-order valence-corrected chi connectivity index (χ3v) is 4.30. The molecule has 0 atom stereocenters. The van der Waals surface area contributed by atoms with Crippen LogP contribution in [0.3, 0.4) is 0 Å². The number of amides is 2. The Hall–Kier alpha value is -2.83. The molecule has 0 heterocycles. The fraction of sp³-hybridized carbons (Fsp3) is 0.263. The summed E-state index contributed by atoms with van der Waals surface area (Å²) in [4.78, 5) is 24.2. The lowest BCUT2D eigenvalue weighted by atomic mass is 9.85. The summed E-state index contributed by atoms with van der Waals surface area (Å²) >= 11 is 0. The van der Waals surface area contributed by atoms with Gasteiger partial charge in [-0.3, -0.25) is 9.59 Å². The molecule has 2 amide bonds. The molecule has 0 spiro atoms. The topological polar surface area (TPSA) is 58.2 Å². The molecule has 0 unspecified atom stereocenters. The monoisotopic (exact) mass is 362 g/mol. The highest BCUT2D eigenvalue weighted by Gasteiger charge is 2.32. The van der Waals surface area contributed by atoms with E-state index >= 15 is 0 Å². The summed E-state index contributed by atoms with van der Waals surface area (Å²) < 4.78 is 39.5. The Morgan fingerprint density at radius 1 is 0.923 bits per heavy atom. The molecule has 2 aromatic rings. The minimum absolute atomic E-state index is 0.0140. The van der Waals surface area contributed by atoms with Crippen LogP contribution in [0.5, 0.6) is 0 Å². The van der Waals surface area contributed by atoms with Gasteiger partial charge in [0.2, 0.25) is 5.91 Å². The minimum Gasteiger partial charge on any atom is -0.326 e. The van der Waals surface area contributed by atoms with Gasteiger partial charge < -0.3 is 10.6 Å². The Balaban J connectivity index is 1.84. The molecule has 1 fully saturated rings. The number of benzene rings is 2. The number of carbonyl (C=O) groups excluding carboxylic acids is 2. The molecular formula is C19H17F3N2O2. The zero-order valence-corrected chi connectivity index (χ0v) is 13.8. The maximum atomic E-state index is 13.2. The lowest BCUT2D eigenvalue weighted by molar-refractivity contribution is -0.137. The summed E-state index contributed by atoms with van der Waals surface area (Å²) in [6, 6.07) is 11.2. The van der Waals surface area contributed by atoms with Crippen LogP contribution < -0.4 is 10.6 Å². The van der Waals surface area contributed by atoms with Crippen LogP contribution in [0.25, 0.3) is 0 Å². The Morgan fingerprint density at radius 3 is 2.08 bits per heavy atom. The van der Waals surface area contributed by atoms with Crippen LogP contribution in [-0.2, 0) is 11.0 Å². The highest BCUT2D eigenvalue weighted by Crippen LogP contribution is 2.34. The maximum absolute atomic E-state index is 13.2. The highest BCUT2D eigenvalue weighted by atomic mass is 19.4. The van der Waals surface area contributed by atoms with Crippen LogP contribution in [0, 0.1) is 5.92 Å². The number of anilines is 2. The number of rotatable bonds is 4. The first-order valence-electron chi connectivity index (χ1n) is 8.22. The zero-order valence-electron chi connectivity index (χ0n) is 13.8. The molecule has 0 aromatic heterocycles. The summed E-state index contributed by atoms with van der Waals surface area (Å²) in [5.74, 6) is -0.982. The molecule has 1 aliphatic carbocycles. The van der Waals surface area contributed by atoms with Crippen molar-refractivity contribution in [1.29, 1.82) is 0 Å². The molecule has 0 saturated heterocycles. The molecule has 1 saturated carbocycles. The van der Waals surface area contributed by atoms with Crippen LogP contribution in [-0.4, -0.2) is 11.8 Å². The first-order chi connectivity index (χ1) is 12.3. The van der Waals surface area contributed by atoms with Crippen molar-refractivity contribution in [2.45, 2.75) is 25.4 Å².